The van der Waals surface area contributed by atoms with E-state index in [2.05, 4.69) is 5.10 Å². The molecule has 2 rings (SSSR count). The summed E-state index contributed by atoms with van der Waals surface area (Å²) in [5.74, 6) is -0.311. The minimum Gasteiger partial charge on any atom is -0.859 e. The third-order valence-corrected chi connectivity index (χ3v) is 3.10. The molecule has 1 aromatic carbocycles. The van der Waals surface area contributed by atoms with Gasteiger partial charge in [-0.3, -0.25) is 0 Å². The number of primary sulfonamides is 1. The van der Waals surface area contributed by atoms with Crippen LogP contribution in [0.2, 0.25) is 0 Å². The molecule has 0 radical (unpaired) electrons. The van der Waals surface area contributed by atoms with Crippen LogP contribution in [0, 0.1) is 6.92 Å². The van der Waals surface area contributed by atoms with E-state index in [-0.39, 0.29) is 40.3 Å². The largest absolute Gasteiger partial charge is 1.00 e. The number of benzene rings is 1. The molecule has 1 heterocycles. The molecule has 18 heavy (non-hydrogen) atoms. The smallest absolute Gasteiger partial charge is 0.859 e. The molecule has 0 aliphatic rings. The molecular weight excluding hydrogens is 265 g/mol. The van der Waals surface area contributed by atoms with Gasteiger partial charge >= 0.3 is 29.6 Å². The average Bonchev–Trinajstić information content (AvgIpc) is 2.57. The third kappa shape index (κ3) is 3.12. The van der Waals surface area contributed by atoms with Crippen molar-refractivity contribution in [3.05, 3.63) is 36.0 Å². The Labute approximate surface area is 127 Å². The van der Waals surface area contributed by atoms with E-state index < -0.39 is 10.0 Å². The van der Waals surface area contributed by atoms with Crippen LogP contribution in [0.25, 0.3) is 5.69 Å². The molecule has 0 saturated heterocycles. The SMILES string of the molecule is Cc1cc([O-])n(-c2cccc(S(N)(=O)=O)c2)n1.[Na+]. The Kier molecular flexibility index (Phi) is 4.57. The predicted molar refractivity (Wildman–Crippen MR) is 59.1 cm³/mol. The fraction of sp³-hybridized carbons (Fsp3) is 0.100. The molecule has 0 bridgehead atoms. The van der Waals surface area contributed by atoms with Gasteiger partial charge in [0.15, 0.2) is 0 Å². The van der Waals surface area contributed by atoms with E-state index in [1.165, 1.54) is 24.3 Å². The maximum absolute atomic E-state index is 11.5. The van der Waals surface area contributed by atoms with Crippen LogP contribution in [0.5, 0.6) is 5.88 Å². The minimum absolute atomic E-state index is 0. The van der Waals surface area contributed by atoms with Crippen molar-refractivity contribution in [1.82, 2.24) is 9.78 Å². The molecule has 6 nitrogen and oxygen atoms in total. The van der Waals surface area contributed by atoms with Gasteiger partial charge in [-0.05, 0) is 37.1 Å². The van der Waals surface area contributed by atoms with E-state index >= 15 is 0 Å². The zero-order valence-electron chi connectivity index (χ0n) is 9.99. The molecular formula is C10H10N3NaO3S. The van der Waals surface area contributed by atoms with Crippen molar-refractivity contribution in [2.24, 2.45) is 5.14 Å². The Balaban J connectivity index is 0.00000162. The van der Waals surface area contributed by atoms with Gasteiger partial charge in [0.1, 0.15) is 0 Å². The average molecular weight is 275 g/mol. The Morgan fingerprint density at radius 1 is 1.33 bits per heavy atom. The van der Waals surface area contributed by atoms with Crippen LogP contribution in [-0.2, 0) is 10.0 Å². The van der Waals surface area contributed by atoms with Crippen molar-refractivity contribution >= 4 is 10.0 Å². The predicted octanol–water partition coefficient (Wildman–Crippen LogP) is -3.09. The van der Waals surface area contributed by atoms with E-state index in [9.17, 15) is 13.5 Å². The molecule has 0 spiro atoms. The molecule has 0 amide bonds. The molecule has 0 unspecified atom stereocenters. The molecule has 0 aliphatic carbocycles. The fourth-order valence-corrected chi connectivity index (χ4v) is 2.01. The number of aryl methyl sites for hydroxylation is 1. The van der Waals surface area contributed by atoms with Gasteiger partial charge in [-0.15, -0.1) is 0 Å². The van der Waals surface area contributed by atoms with Crippen molar-refractivity contribution in [2.45, 2.75) is 11.8 Å². The van der Waals surface area contributed by atoms with Gasteiger partial charge in [-0.25, -0.2) is 18.2 Å². The van der Waals surface area contributed by atoms with Crippen LogP contribution < -0.4 is 39.8 Å². The number of nitrogens with two attached hydrogens (primary N) is 1. The summed E-state index contributed by atoms with van der Waals surface area (Å²) in [7, 11) is -3.78. The van der Waals surface area contributed by atoms with E-state index in [4.69, 9.17) is 5.14 Å². The summed E-state index contributed by atoms with van der Waals surface area (Å²) >= 11 is 0. The van der Waals surface area contributed by atoms with Crippen LogP contribution in [0.3, 0.4) is 0 Å². The summed E-state index contributed by atoms with van der Waals surface area (Å²) in [6.45, 7) is 1.68. The number of sulfonamides is 1. The number of hydrogen-bond acceptors (Lipinski definition) is 4. The van der Waals surface area contributed by atoms with Crippen molar-refractivity contribution in [1.29, 1.82) is 0 Å². The normalized spacial score (nSPS) is 11.0. The Hall–Kier alpha value is -0.860. The van der Waals surface area contributed by atoms with Crippen molar-refractivity contribution < 1.29 is 43.1 Å². The van der Waals surface area contributed by atoms with Crippen LogP contribution in [0.1, 0.15) is 5.69 Å². The maximum Gasteiger partial charge on any atom is 1.00 e. The monoisotopic (exact) mass is 275 g/mol. The first kappa shape index (κ1) is 15.2. The van der Waals surface area contributed by atoms with Gasteiger partial charge in [-0.2, -0.15) is 5.10 Å². The summed E-state index contributed by atoms with van der Waals surface area (Å²) in [6, 6.07) is 7.13. The van der Waals surface area contributed by atoms with Crippen LogP contribution in [0.15, 0.2) is 35.2 Å². The summed E-state index contributed by atoms with van der Waals surface area (Å²) in [5, 5.41) is 20.5. The van der Waals surface area contributed by atoms with Crippen molar-refractivity contribution in [3.63, 3.8) is 0 Å². The van der Waals surface area contributed by atoms with E-state index in [0.29, 0.717) is 11.4 Å². The van der Waals surface area contributed by atoms with Crippen LogP contribution >= 0.6 is 0 Å². The molecule has 0 saturated carbocycles. The van der Waals surface area contributed by atoms with Gasteiger partial charge in [0.25, 0.3) is 0 Å². The summed E-state index contributed by atoms with van der Waals surface area (Å²) in [6.07, 6.45) is 0. The molecule has 2 N–H and O–H groups in total. The molecule has 1 aromatic heterocycles. The molecule has 8 heteroatoms. The van der Waals surface area contributed by atoms with Gasteiger partial charge < -0.3 is 5.11 Å². The maximum atomic E-state index is 11.5. The quantitative estimate of drug-likeness (QED) is 0.587. The third-order valence-electron chi connectivity index (χ3n) is 2.19. The number of rotatable bonds is 2. The second kappa shape index (κ2) is 5.41. The summed E-state index contributed by atoms with van der Waals surface area (Å²) in [5.41, 5.74) is 0.936. The molecule has 0 aliphatic heterocycles. The van der Waals surface area contributed by atoms with Crippen LogP contribution in [0.4, 0.5) is 0 Å². The number of aromatic nitrogens is 2. The minimum atomic E-state index is -3.78. The molecule has 90 valence electrons. The first-order chi connectivity index (χ1) is 7.88. The number of nitrogens with zero attached hydrogens (tertiary/aromatic N) is 2. The Morgan fingerprint density at radius 3 is 2.50 bits per heavy atom. The Morgan fingerprint density at radius 2 is 2.00 bits per heavy atom. The second-order valence-corrected chi connectivity index (χ2v) is 5.14. The molecule has 2 aromatic rings. The van der Waals surface area contributed by atoms with Crippen molar-refractivity contribution in [2.75, 3.05) is 0 Å². The van der Waals surface area contributed by atoms with E-state index in [0.717, 1.165) is 4.68 Å². The van der Waals surface area contributed by atoms with Crippen LogP contribution in [-0.4, -0.2) is 18.2 Å². The first-order valence-electron chi connectivity index (χ1n) is 4.75. The topological polar surface area (TPSA) is 101 Å². The second-order valence-electron chi connectivity index (χ2n) is 3.58. The van der Waals surface area contributed by atoms with Crippen molar-refractivity contribution in [3.8, 4) is 11.6 Å². The summed E-state index contributed by atoms with van der Waals surface area (Å²) < 4.78 is 23.5. The zero-order valence-corrected chi connectivity index (χ0v) is 12.8. The Bertz CT molecular complexity index is 667. The zero-order chi connectivity index (χ0) is 12.6. The molecule has 0 atom stereocenters. The van der Waals surface area contributed by atoms with Gasteiger partial charge in [0.2, 0.25) is 10.0 Å². The first-order valence-corrected chi connectivity index (χ1v) is 6.29. The van der Waals surface area contributed by atoms with Gasteiger partial charge in [0.05, 0.1) is 16.3 Å². The van der Waals surface area contributed by atoms with E-state index in [1.54, 1.807) is 13.0 Å². The summed E-state index contributed by atoms with van der Waals surface area (Å²) in [4.78, 5) is -0.0532. The van der Waals surface area contributed by atoms with E-state index in [1.807, 2.05) is 0 Å². The molecule has 0 fully saturated rings. The fourth-order valence-electron chi connectivity index (χ4n) is 1.45. The van der Waals surface area contributed by atoms with Gasteiger partial charge in [-0.1, -0.05) is 6.07 Å². The van der Waals surface area contributed by atoms with Gasteiger partial charge in [0, 0.05) is 0 Å². The standard InChI is InChI=1S/C10H11N3O3S.Na/c1-7-5-10(14)13(12-7)8-3-2-4-9(6-8)17(11,15)16;/h2-6,14H,1H3,(H2,11,15,16);/q;+1/p-1. The number of hydrogen-bond donors (Lipinski definition) is 1.